The van der Waals surface area contributed by atoms with Crippen LogP contribution in [0.25, 0.3) is 6.08 Å². The molecule has 2 aromatic carbocycles. The summed E-state index contributed by atoms with van der Waals surface area (Å²) in [6, 6.07) is 10.7. The maximum Gasteiger partial charge on any atom is 0.269 e. The molecule has 30 heavy (non-hydrogen) atoms. The van der Waals surface area contributed by atoms with Crippen molar-refractivity contribution in [2.75, 3.05) is 25.7 Å². The lowest BCUT2D eigenvalue weighted by atomic mass is 10.2. The number of carbonyl (C=O) groups is 2. The highest BCUT2D eigenvalue weighted by Gasteiger charge is 2.31. The molecular formula is C21H21N3O6. The molecule has 156 valence electrons. The van der Waals surface area contributed by atoms with Crippen molar-refractivity contribution < 1.29 is 24.0 Å². The van der Waals surface area contributed by atoms with Crippen LogP contribution in [0.5, 0.6) is 11.5 Å². The molecule has 1 N–H and O–H groups in total. The summed E-state index contributed by atoms with van der Waals surface area (Å²) in [6.45, 7) is 0.339. The van der Waals surface area contributed by atoms with Crippen LogP contribution >= 0.6 is 0 Å². The van der Waals surface area contributed by atoms with E-state index in [1.807, 2.05) is 0 Å². The van der Waals surface area contributed by atoms with Crippen molar-refractivity contribution in [2.45, 2.75) is 12.5 Å². The molecule has 1 saturated heterocycles. The van der Waals surface area contributed by atoms with Crippen LogP contribution in [0.4, 0.5) is 11.4 Å². The van der Waals surface area contributed by atoms with Crippen LogP contribution in [-0.4, -0.2) is 43.5 Å². The summed E-state index contributed by atoms with van der Waals surface area (Å²) in [6.07, 6.45) is 3.08. The molecule has 1 atom stereocenters. The number of ether oxygens (including phenoxy) is 2. The SMILES string of the molecule is COc1ccc(N2C[C@H](NC(=O)/C=C\c3ccc([N+](=O)[O-])cc3)CC2=O)cc1OC. The van der Waals surface area contributed by atoms with Crippen molar-refractivity contribution in [3.63, 3.8) is 0 Å². The van der Waals surface area contributed by atoms with Crippen LogP contribution < -0.4 is 19.7 Å². The minimum absolute atomic E-state index is 0.0173. The third kappa shape index (κ3) is 4.75. The fraction of sp³-hybridized carbons (Fsp3) is 0.238. The average molecular weight is 411 g/mol. The Bertz CT molecular complexity index is 987. The van der Waals surface area contributed by atoms with Gasteiger partial charge < -0.3 is 19.7 Å². The maximum absolute atomic E-state index is 12.4. The maximum atomic E-state index is 12.4. The van der Waals surface area contributed by atoms with E-state index in [4.69, 9.17) is 9.47 Å². The average Bonchev–Trinajstić information content (AvgIpc) is 3.11. The van der Waals surface area contributed by atoms with E-state index in [0.717, 1.165) is 0 Å². The Balaban J connectivity index is 1.61. The number of rotatable bonds is 7. The first-order valence-electron chi connectivity index (χ1n) is 9.16. The molecule has 0 saturated carbocycles. The molecule has 0 aliphatic carbocycles. The molecule has 0 aromatic heterocycles. The Morgan fingerprint density at radius 1 is 1.17 bits per heavy atom. The largest absolute Gasteiger partial charge is 0.493 e. The van der Waals surface area contributed by atoms with Gasteiger partial charge in [0.25, 0.3) is 5.69 Å². The van der Waals surface area contributed by atoms with Crippen LogP contribution in [0.1, 0.15) is 12.0 Å². The van der Waals surface area contributed by atoms with E-state index in [1.54, 1.807) is 41.3 Å². The quantitative estimate of drug-likeness (QED) is 0.426. The van der Waals surface area contributed by atoms with Crippen LogP contribution in [0.2, 0.25) is 0 Å². The van der Waals surface area contributed by atoms with Gasteiger partial charge in [-0.25, -0.2) is 0 Å². The summed E-state index contributed by atoms with van der Waals surface area (Å²) in [5.74, 6) is 0.627. The van der Waals surface area contributed by atoms with E-state index < -0.39 is 4.92 Å². The predicted molar refractivity (Wildman–Crippen MR) is 111 cm³/mol. The summed E-state index contributed by atoms with van der Waals surface area (Å²) in [4.78, 5) is 36.4. The summed E-state index contributed by atoms with van der Waals surface area (Å²) in [7, 11) is 3.06. The number of hydrogen-bond donors (Lipinski definition) is 1. The van der Waals surface area contributed by atoms with E-state index in [9.17, 15) is 19.7 Å². The Kier molecular flexibility index (Phi) is 6.31. The molecule has 1 aliphatic heterocycles. The third-order valence-electron chi connectivity index (χ3n) is 4.68. The number of nitro groups is 1. The number of hydrogen-bond acceptors (Lipinski definition) is 6. The number of nitro benzene ring substituents is 1. The topological polar surface area (TPSA) is 111 Å². The molecule has 0 unspecified atom stereocenters. The smallest absolute Gasteiger partial charge is 0.269 e. The monoisotopic (exact) mass is 411 g/mol. The van der Waals surface area contributed by atoms with Gasteiger partial charge in [-0.3, -0.25) is 19.7 Å². The van der Waals surface area contributed by atoms with Gasteiger partial charge >= 0.3 is 0 Å². The van der Waals surface area contributed by atoms with Crippen LogP contribution in [-0.2, 0) is 9.59 Å². The normalized spacial score (nSPS) is 16.0. The molecule has 0 spiro atoms. The number of amides is 2. The standard InChI is InChI=1S/C21H21N3O6/c1-29-18-9-8-17(12-19(18)30-2)23-13-15(11-21(23)26)22-20(25)10-5-14-3-6-16(7-4-14)24(27)28/h3-10,12,15H,11,13H2,1-2H3,(H,22,25)/b10-5-/t15-/m1/s1. The van der Waals surface area contributed by atoms with E-state index in [1.165, 1.54) is 32.4 Å². The number of carbonyl (C=O) groups excluding carboxylic acids is 2. The number of nitrogens with zero attached hydrogens (tertiary/aromatic N) is 2. The van der Waals surface area contributed by atoms with Crippen molar-refractivity contribution in [1.82, 2.24) is 5.32 Å². The second-order valence-electron chi connectivity index (χ2n) is 6.64. The Labute approximate surface area is 173 Å². The summed E-state index contributed by atoms with van der Waals surface area (Å²) in [5, 5.41) is 13.5. The molecule has 3 rings (SSSR count). The first-order chi connectivity index (χ1) is 14.4. The number of nitrogens with one attached hydrogen (secondary N) is 1. The Hall–Kier alpha value is -3.88. The summed E-state index contributed by atoms with van der Waals surface area (Å²) in [5.41, 5.74) is 1.30. The Morgan fingerprint density at radius 2 is 1.87 bits per heavy atom. The zero-order valence-electron chi connectivity index (χ0n) is 16.5. The van der Waals surface area contributed by atoms with E-state index in [2.05, 4.69) is 5.32 Å². The van der Waals surface area contributed by atoms with E-state index in [0.29, 0.717) is 29.3 Å². The molecule has 1 heterocycles. The van der Waals surface area contributed by atoms with Crippen molar-refractivity contribution in [3.05, 3.63) is 64.2 Å². The molecule has 2 aromatic rings. The highest BCUT2D eigenvalue weighted by Crippen LogP contribution is 2.33. The number of benzene rings is 2. The van der Waals surface area contributed by atoms with E-state index >= 15 is 0 Å². The van der Waals surface area contributed by atoms with Crippen LogP contribution in [0.15, 0.2) is 48.5 Å². The minimum Gasteiger partial charge on any atom is -0.493 e. The zero-order valence-corrected chi connectivity index (χ0v) is 16.5. The number of methoxy groups -OCH3 is 2. The molecule has 0 radical (unpaired) electrons. The van der Waals surface area contributed by atoms with Crippen molar-refractivity contribution >= 4 is 29.3 Å². The van der Waals surface area contributed by atoms with Gasteiger partial charge in [0, 0.05) is 42.9 Å². The molecule has 1 aliphatic rings. The highest BCUT2D eigenvalue weighted by molar-refractivity contribution is 5.98. The second-order valence-corrected chi connectivity index (χ2v) is 6.64. The van der Waals surface area contributed by atoms with Crippen molar-refractivity contribution in [3.8, 4) is 11.5 Å². The first-order valence-corrected chi connectivity index (χ1v) is 9.16. The van der Waals surface area contributed by atoms with Gasteiger partial charge in [0.15, 0.2) is 11.5 Å². The van der Waals surface area contributed by atoms with Crippen molar-refractivity contribution in [1.29, 1.82) is 0 Å². The molecule has 9 nitrogen and oxygen atoms in total. The fourth-order valence-corrected chi connectivity index (χ4v) is 3.17. The third-order valence-corrected chi connectivity index (χ3v) is 4.68. The Morgan fingerprint density at radius 3 is 2.50 bits per heavy atom. The lowest BCUT2D eigenvalue weighted by molar-refractivity contribution is -0.384. The lowest BCUT2D eigenvalue weighted by Gasteiger charge is -2.18. The van der Waals surface area contributed by atoms with Crippen LogP contribution in [0, 0.1) is 10.1 Å². The number of anilines is 1. The second kappa shape index (κ2) is 9.08. The van der Waals surface area contributed by atoms with Crippen molar-refractivity contribution in [2.24, 2.45) is 0 Å². The minimum atomic E-state index is -0.485. The molecule has 9 heteroatoms. The molecular weight excluding hydrogens is 390 g/mol. The van der Waals surface area contributed by atoms with Gasteiger partial charge in [-0.2, -0.15) is 0 Å². The van der Waals surface area contributed by atoms with Gasteiger partial charge in [0.2, 0.25) is 11.8 Å². The van der Waals surface area contributed by atoms with Gasteiger partial charge in [0.1, 0.15) is 0 Å². The summed E-state index contributed by atoms with van der Waals surface area (Å²) < 4.78 is 10.5. The van der Waals surface area contributed by atoms with Gasteiger partial charge in [-0.05, 0) is 35.9 Å². The van der Waals surface area contributed by atoms with E-state index in [-0.39, 0.29) is 30.0 Å². The van der Waals surface area contributed by atoms with Gasteiger partial charge in [0.05, 0.1) is 25.2 Å². The molecule has 0 bridgehead atoms. The van der Waals surface area contributed by atoms with Crippen LogP contribution in [0.3, 0.4) is 0 Å². The summed E-state index contributed by atoms with van der Waals surface area (Å²) >= 11 is 0. The predicted octanol–water partition coefficient (Wildman–Crippen LogP) is 2.55. The van der Waals surface area contributed by atoms with Gasteiger partial charge in [-0.1, -0.05) is 0 Å². The first kappa shape index (κ1) is 20.8. The highest BCUT2D eigenvalue weighted by atomic mass is 16.6. The zero-order chi connectivity index (χ0) is 21.7. The lowest BCUT2D eigenvalue weighted by Crippen LogP contribution is -2.36. The van der Waals surface area contributed by atoms with Gasteiger partial charge in [-0.15, -0.1) is 0 Å². The molecule has 1 fully saturated rings. The fourth-order valence-electron chi connectivity index (χ4n) is 3.17. The number of non-ortho nitro benzene ring substituents is 1. The molecule has 2 amide bonds.